The van der Waals surface area contributed by atoms with E-state index in [0.717, 1.165) is 4.47 Å². The van der Waals surface area contributed by atoms with Crippen molar-refractivity contribution in [2.45, 2.75) is 19.4 Å². The molecule has 2 N–H and O–H groups in total. The van der Waals surface area contributed by atoms with Gasteiger partial charge in [0.15, 0.2) is 0 Å². The van der Waals surface area contributed by atoms with Gasteiger partial charge in [-0.2, -0.15) is 0 Å². The van der Waals surface area contributed by atoms with Gasteiger partial charge < -0.3 is 10.5 Å². The van der Waals surface area contributed by atoms with Gasteiger partial charge in [-0.1, -0.05) is 27.5 Å². The van der Waals surface area contributed by atoms with E-state index in [4.69, 9.17) is 22.1 Å². The average molecular weight is 279 g/mol. The standard InChI is InChI=1S/C10H13BrClNO/c1-10(2,13)6-14-9-4-3-7(11)5-8(9)12/h3-5H,6,13H2,1-2H3. The molecule has 14 heavy (non-hydrogen) atoms. The Kier molecular flexibility index (Phi) is 3.81. The Morgan fingerprint density at radius 3 is 2.64 bits per heavy atom. The summed E-state index contributed by atoms with van der Waals surface area (Å²) in [6, 6.07) is 5.49. The van der Waals surface area contributed by atoms with Crippen LogP contribution in [0.15, 0.2) is 22.7 Å². The summed E-state index contributed by atoms with van der Waals surface area (Å²) in [6.07, 6.45) is 0. The van der Waals surface area contributed by atoms with Crippen molar-refractivity contribution in [1.82, 2.24) is 0 Å². The lowest BCUT2D eigenvalue weighted by atomic mass is 10.1. The third-order valence-electron chi connectivity index (χ3n) is 1.49. The zero-order chi connectivity index (χ0) is 10.8. The Morgan fingerprint density at radius 2 is 2.14 bits per heavy atom. The smallest absolute Gasteiger partial charge is 0.138 e. The van der Waals surface area contributed by atoms with E-state index in [1.165, 1.54) is 0 Å². The fraction of sp³-hybridized carbons (Fsp3) is 0.400. The number of halogens is 2. The monoisotopic (exact) mass is 277 g/mol. The van der Waals surface area contributed by atoms with Crippen LogP contribution in [-0.2, 0) is 0 Å². The van der Waals surface area contributed by atoms with Gasteiger partial charge in [0.25, 0.3) is 0 Å². The summed E-state index contributed by atoms with van der Waals surface area (Å²) in [5.41, 5.74) is 5.44. The van der Waals surface area contributed by atoms with Crippen LogP contribution in [-0.4, -0.2) is 12.1 Å². The van der Waals surface area contributed by atoms with Gasteiger partial charge in [0.05, 0.1) is 5.02 Å². The Morgan fingerprint density at radius 1 is 1.50 bits per heavy atom. The normalized spacial score (nSPS) is 11.5. The van der Waals surface area contributed by atoms with Crippen molar-refractivity contribution in [2.75, 3.05) is 6.61 Å². The predicted octanol–water partition coefficient (Wildman–Crippen LogP) is 3.22. The molecule has 4 heteroatoms. The molecular weight excluding hydrogens is 265 g/mol. The van der Waals surface area contributed by atoms with Crippen LogP contribution in [0, 0.1) is 0 Å². The van der Waals surface area contributed by atoms with Gasteiger partial charge in [-0.05, 0) is 32.0 Å². The molecule has 78 valence electrons. The van der Waals surface area contributed by atoms with E-state index >= 15 is 0 Å². The van der Waals surface area contributed by atoms with Crippen LogP contribution < -0.4 is 10.5 Å². The van der Waals surface area contributed by atoms with E-state index in [0.29, 0.717) is 17.4 Å². The molecule has 0 unspecified atom stereocenters. The zero-order valence-corrected chi connectivity index (χ0v) is 10.5. The molecule has 0 aromatic heterocycles. The third-order valence-corrected chi connectivity index (χ3v) is 2.28. The van der Waals surface area contributed by atoms with Crippen molar-refractivity contribution in [1.29, 1.82) is 0 Å². The summed E-state index contributed by atoms with van der Waals surface area (Å²) in [6.45, 7) is 4.24. The first kappa shape index (κ1) is 11.8. The summed E-state index contributed by atoms with van der Waals surface area (Å²) in [5, 5.41) is 0.587. The van der Waals surface area contributed by atoms with Crippen molar-refractivity contribution in [3.8, 4) is 5.75 Å². The van der Waals surface area contributed by atoms with Crippen molar-refractivity contribution < 1.29 is 4.74 Å². The van der Waals surface area contributed by atoms with Crippen molar-refractivity contribution in [3.05, 3.63) is 27.7 Å². The highest BCUT2D eigenvalue weighted by Crippen LogP contribution is 2.28. The molecule has 0 amide bonds. The van der Waals surface area contributed by atoms with Crippen LogP contribution in [0.5, 0.6) is 5.75 Å². The number of hydrogen-bond acceptors (Lipinski definition) is 2. The molecule has 0 saturated heterocycles. The number of hydrogen-bond donors (Lipinski definition) is 1. The van der Waals surface area contributed by atoms with Crippen LogP contribution in [0.25, 0.3) is 0 Å². The zero-order valence-electron chi connectivity index (χ0n) is 8.18. The Hall–Kier alpha value is -0.250. The highest BCUT2D eigenvalue weighted by atomic mass is 79.9. The molecule has 0 atom stereocenters. The topological polar surface area (TPSA) is 35.2 Å². The molecule has 0 aliphatic heterocycles. The SMILES string of the molecule is CC(C)(N)COc1ccc(Br)cc1Cl. The first-order valence-corrected chi connectivity index (χ1v) is 5.42. The fourth-order valence-corrected chi connectivity index (χ4v) is 1.58. The number of benzene rings is 1. The average Bonchev–Trinajstić information content (AvgIpc) is 2.00. The largest absolute Gasteiger partial charge is 0.490 e. The highest BCUT2D eigenvalue weighted by molar-refractivity contribution is 9.10. The number of ether oxygens (including phenoxy) is 1. The van der Waals surface area contributed by atoms with E-state index in [9.17, 15) is 0 Å². The molecular formula is C10H13BrClNO. The maximum atomic E-state index is 5.96. The van der Waals surface area contributed by atoms with Crippen LogP contribution in [0.1, 0.15) is 13.8 Å². The molecule has 0 radical (unpaired) electrons. The summed E-state index contributed by atoms with van der Waals surface area (Å²) in [5.74, 6) is 0.661. The molecule has 0 aliphatic rings. The molecule has 1 aromatic carbocycles. The fourth-order valence-electron chi connectivity index (χ4n) is 0.856. The molecule has 0 spiro atoms. The van der Waals surface area contributed by atoms with Gasteiger partial charge in [-0.3, -0.25) is 0 Å². The van der Waals surface area contributed by atoms with E-state index < -0.39 is 0 Å². The highest BCUT2D eigenvalue weighted by Gasteiger charge is 2.12. The lowest BCUT2D eigenvalue weighted by Crippen LogP contribution is -2.38. The maximum absolute atomic E-state index is 5.96. The second-order valence-corrected chi connectivity index (χ2v) is 5.17. The number of nitrogens with two attached hydrogens (primary N) is 1. The van der Waals surface area contributed by atoms with Crippen LogP contribution in [0.4, 0.5) is 0 Å². The molecule has 1 rings (SSSR count). The van der Waals surface area contributed by atoms with E-state index in [1.54, 1.807) is 6.07 Å². The third kappa shape index (κ3) is 3.86. The summed E-state index contributed by atoms with van der Waals surface area (Å²) >= 11 is 9.28. The van der Waals surface area contributed by atoms with E-state index in [2.05, 4.69) is 15.9 Å². The van der Waals surface area contributed by atoms with Crippen molar-refractivity contribution in [3.63, 3.8) is 0 Å². The summed E-state index contributed by atoms with van der Waals surface area (Å²) in [4.78, 5) is 0. The lowest BCUT2D eigenvalue weighted by molar-refractivity contribution is 0.243. The second-order valence-electron chi connectivity index (χ2n) is 3.85. The van der Waals surface area contributed by atoms with Gasteiger partial charge in [-0.15, -0.1) is 0 Å². The minimum atomic E-state index is -0.351. The van der Waals surface area contributed by atoms with E-state index in [1.807, 2.05) is 26.0 Å². The molecule has 1 aromatic rings. The molecule has 0 heterocycles. The van der Waals surface area contributed by atoms with Crippen molar-refractivity contribution in [2.24, 2.45) is 5.73 Å². The summed E-state index contributed by atoms with van der Waals surface area (Å²) < 4.78 is 6.41. The minimum absolute atomic E-state index is 0.351. The molecule has 2 nitrogen and oxygen atoms in total. The Labute approximate surface area is 97.5 Å². The quantitative estimate of drug-likeness (QED) is 0.921. The Balaban J connectivity index is 2.68. The van der Waals surface area contributed by atoms with Gasteiger partial charge in [-0.25, -0.2) is 0 Å². The lowest BCUT2D eigenvalue weighted by Gasteiger charge is -2.19. The van der Waals surface area contributed by atoms with Crippen LogP contribution >= 0.6 is 27.5 Å². The van der Waals surface area contributed by atoms with Crippen LogP contribution in [0.3, 0.4) is 0 Å². The second kappa shape index (κ2) is 4.51. The minimum Gasteiger partial charge on any atom is -0.490 e. The van der Waals surface area contributed by atoms with Gasteiger partial charge in [0.2, 0.25) is 0 Å². The molecule has 0 saturated carbocycles. The van der Waals surface area contributed by atoms with Crippen LogP contribution in [0.2, 0.25) is 5.02 Å². The van der Waals surface area contributed by atoms with E-state index in [-0.39, 0.29) is 5.54 Å². The molecule has 0 aliphatic carbocycles. The molecule has 0 bridgehead atoms. The van der Waals surface area contributed by atoms with Gasteiger partial charge in [0, 0.05) is 10.0 Å². The predicted molar refractivity (Wildman–Crippen MR) is 62.9 cm³/mol. The molecule has 0 fully saturated rings. The summed E-state index contributed by atoms with van der Waals surface area (Å²) in [7, 11) is 0. The number of rotatable bonds is 3. The maximum Gasteiger partial charge on any atom is 0.138 e. The van der Waals surface area contributed by atoms with Gasteiger partial charge >= 0.3 is 0 Å². The Bertz CT molecular complexity index is 322. The first-order valence-electron chi connectivity index (χ1n) is 4.25. The first-order chi connectivity index (χ1) is 6.38. The van der Waals surface area contributed by atoms with Crippen molar-refractivity contribution >= 4 is 27.5 Å². The van der Waals surface area contributed by atoms with Gasteiger partial charge in [0.1, 0.15) is 12.4 Å².